The molecule has 0 fully saturated rings. The minimum Gasteiger partial charge on any atom is -0.310 e. The Morgan fingerprint density at radius 2 is 0.643 bits per heavy atom. The van der Waals surface area contributed by atoms with Crippen molar-refractivity contribution in [3.05, 3.63) is 224 Å². The predicted molar refractivity (Wildman–Crippen MR) is 241 cm³/mol. The van der Waals surface area contributed by atoms with Crippen LogP contribution in [0.25, 0.3) is 75.8 Å². The fraction of sp³-hybridized carbons (Fsp3) is 0. The van der Waals surface area contributed by atoms with E-state index >= 15 is 0 Å². The van der Waals surface area contributed by atoms with Crippen LogP contribution in [0, 0.1) is 0 Å². The number of nitrogens with zero attached hydrogens (tertiary/aromatic N) is 1. The summed E-state index contributed by atoms with van der Waals surface area (Å²) in [4.78, 5) is 2.43. The maximum absolute atomic E-state index is 2.43. The van der Waals surface area contributed by atoms with Crippen molar-refractivity contribution in [1.29, 1.82) is 0 Å². The summed E-state index contributed by atoms with van der Waals surface area (Å²) in [6, 6.07) is 81.2. The van der Waals surface area contributed by atoms with Gasteiger partial charge in [0.05, 0.1) is 5.69 Å². The van der Waals surface area contributed by atoms with Crippen molar-refractivity contribution >= 4 is 48.6 Å². The zero-order chi connectivity index (χ0) is 37.3. The average molecular weight is 732 g/mol. The number of rotatable bonds is 8. The summed E-state index contributed by atoms with van der Waals surface area (Å²) < 4.78 is 2.58. The molecule has 0 aliphatic rings. The van der Waals surface area contributed by atoms with Gasteiger partial charge >= 0.3 is 0 Å². The van der Waals surface area contributed by atoms with Crippen LogP contribution in [0.1, 0.15) is 0 Å². The van der Waals surface area contributed by atoms with E-state index in [0.29, 0.717) is 0 Å². The highest BCUT2D eigenvalue weighted by molar-refractivity contribution is 7.26. The van der Waals surface area contributed by atoms with Crippen LogP contribution >= 0.6 is 11.3 Å². The Morgan fingerprint density at radius 3 is 1.14 bits per heavy atom. The molecule has 0 aliphatic carbocycles. The summed E-state index contributed by atoms with van der Waals surface area (Å²) in [7, 11) is 0. The fourth-order valence-corrected chi connectivity index (χ4v) is 9.24. The molecule has 264 valence electrons. The van der Waals surface area contributed by atoms with Crippen molar-refractivity contribution in [2.45, 2.75) is 0 Å². The number of anilines is 3. The molecular weight excluding hydrogens is 695 g/mol. The van der Waals surface area contributed by atoms with Gasteiger partial charge in [-0.3, -0.25) is 0 Å². The molecule has 0 amide bonds. The summed E-state index contributed by atoms with van der Waals surface area (Å²) in [5.74, 6) is 0. The van der Waals surface area contributed by atoms with Crippen molar-refractivity contribution in [3.63, 3.8) is 0 Å². The lowest BCUT2D eigenvalue weighted by Crippen LogP contribution is -2.10. The van der Waals surface area contributed by atoms with Gasteiger partial charge in [-0.15, -0.1) is 11.3 Å². The van der Waals surface area contributed by atoms with E-state index in [4.69, 9.17) is 0 Å². The van der Waals surface area contributed by atoms with Crippen molar-refractivity contribution in [1.82, 2.24) is 0 Å². The second-order valence-corrected chi connectivity index (χ2v) is 15.1. The Labute approximate surface area is 332 Å². The number of fused-ring (bicyclic) bond motifs is 3. The third-order valence-corrected chi connectivity index (χ3v) is 11.9. The maximum Gasteiger partial charge on any atom is 0.0554 e. The van der Waals surface area contributed by atoms with Gasteiger partial charge in [-0.2, -0.15) is 0 Å². The topological polar surface area (TPSA) is 3.24 Å². The monoisotopic (exact) mass is 731 g/mol. The lowest BCUT2D eigenvalue weighted by atomic mass is 9.89. The molecule has 0 saturated carbocycles. The minimum atomic E-state index is 1.11. The van der Waals surface area contributed by atoms with Crippen LogP contribution in [0.2, 0.25) is 0 Å². The van der Waals surface area contributed by atoms with Crippen molar-refractivity contribution in [3.8, 4) is 55.6 Å². The summed E-state index contributed by atoms with van der Waals surface area (Å²) >= 11 is 1.85. The molecule has 0 unspecified atom stereocenters. The van der Waals surface area contributed by atoms with Gasteiger partial charge in [0.15, 0.2) is 0 Å². The van der Waals surface area contributed by atoms with E-state index in [9.17, 15) is 0 Å². The summed E-state index contributed by atoms with van der Waals surface area (Å²) in [5.41, 5.74) is 15.5. The molecule has 0 N–H and O–H groups in total. The number of thiophene rings is 1. The first kappa shape index (κ1) is 33.6. The molecule has 0 aliphatic heterocycles. The Morgan fingerprint density at radius 1 is 0.268 bits per heavy atom. The minimum absolute atomic E-state index is 1.11. The van der Waals surface area contributed by atoms with Crippen LogP contribution in [-0.2, 0) is 0 Å². The van der Waals surface area contributed by atoms with Gasteiger partial charge in [0, 0.05) is 31.5 Å². The highest BCUT2D eigenvalue weighted by Gasteiger charge is 2.20. The molecule has 10 aromatic rings. The molecule has 1 nitrogen and oxygen atoms in total. The summed E-state index contributed by atoms with van der Waals surface area (Å²) in [6.07, 6.45) is 0. The van der Waals surface area contributed by atoms with Gasteiger partial charge in [0.2, 0.25) is 0 Å². The van der Waals surface area contributed by atoms with Gasteiger partial charge in [-0.25, -0.2) is 0 Å². The standard InChI is InChI=1S/C54H37NS/c1-3-16-38(17-4-1)44-20-7-8-21-45(44)40-30-34-42(35-31-40)55(51-27-15-29-53-54(51)50-26-13-14-28-52(50)56-53)43-36-32-41(33-37-43)47-23-10-12-25-49(47)48-24-11-9-22-46(48)39-18-5-2-6-19-39/h1-37H. The van der Waals surface area contributed by atoms with Gasteiger partial charge in [0.1, 0.15) is 0 Å². The van der Waals surface area contributed by atoms with Crippen LogP contribution in [0.4, 0.5) is 17.1 Å². The molecule has 0 radical (unpaired) electrons. The predicted octanol–water partition coefficient (Wildman–Crippen LogP) is 15.9. The Bertz CT molecular complexity index is 2940. The van der Waals surface area contributed by atoms with Gasteiger partial charge < -0.3 is 4.90 Å². The molecule has 9 aromatic carbocycles. The molecule has 0 saturated heterocycles. The smallest absolute Gasteiger partial charge is 0.0554 e. The van der Waals surface area contributed by atoms with Crippen molar-refractivity contribution in [2.24, 2.45) is 0 Å². The average Bonchev–Trinajstić information content (AvgIpc) is 3.67. The summed E-state index contributed by atoms with van der Waals surface area (Å²) in [5, 5.41) is 2.56. The lowest BCUT2D eigenvalue weighted by Gasteiger charge is -2.27. The number of hydrogen-bond donors (Lipinski definition) is 0. The zero-order valence-corrected chi connectivity index (χ0v) is 31.5. The van der Waals surface area contributed by atoms with Gasteiger partial charge in [-0.1, -0.05) is 182 Å². The third-order valence-electron chi connectivity index (χ3n) is 10.7. The van der Waals surface area contributed by atoms with Crippen LogP contribution in [0.3, 0.4) is 0 Å². The first-order valence-corrected chi connectivity index (χ1v) is 19.9. The Kier molecular flexibility index (Phi) is 8.79. The second-order valence-electron chi connectivity index (χ2n) is 14.0. The van der Waals surface area contributed by atoms with Crippen LogP contribution in [0.15, 0.2) is 224 Å². The quantitative estimate of drug-likeness (QED) is 0.150. The lowest BCUT2D eigenvalue weighted by molar-refractivity contribution is 1.30. The van der Waals surface area contributed by atoms with E-state index in [2.05, 4.69) is 229 Å². The fourth-order valence-electron chi connectivity index (χ4n) is 8.11. The van der Waals surface area contributed by atoms with Crippen molar-refractivity contribution in [2.75, 3.05) is 4.90 Å². The van der Waals surface area contributed by atoms with Crippen LogP contribution in [0.5, 0.6) is 0 Å². The molecular formula is C54H37NS. The third kappa shape index (κ3) is 6.17. The van der Waals surface area contributed by atoms with E-state index < -0.39 is 0 Å². The molecule has 1 heterocycles. The van der Waals surface area contributed by atoms with E-state index in [1.165, 1.54) is 81.5 Å². The molecule has 0 atom stereocenters. The molecule has 56 heavy (non-hydrogen) atoms. The van der Waals surface area contributed by atoms with Gasteiger partial charge in [0.25, 0.3) is 0 Å². The highest BCUT2D eigenvalue weighted by Crippen LogP contribution is 2.46. The maximum atomic E-state index is 2.43. The van der Waals surface area contributed by atoms with Crippen LogP contribution < -0.4 is 4.90 Å². The largest absolute Gasteiger partial charge is 0.310 e. The van der Waals surface area contributed by atoms with E-state index in [-0.39, 0.29) is 0 Å². The molecule has 0 bridgehead atoms. The highest BCUT2D eigenvalue weighted by atomic mass is 32.1. The van der Waals surface area contributed by atoms with Gasteiger partial charge in [-0.05, 0) is 98.1 Å². The van der Waals surface area contributed by atoms with E-state index in [1.54, 1.807) is 0 Å². The molecule has 1 aromatic heterocycles. The normalized spacial score (nSPS) is 11.2. The van der Waals surface area contributed by atoms with Crippen LogP contribution in [-0.4, -0.2) is 0 Å². The number of benzene rings is 9. The first-order chi connectivity index (χ1) is 27.8. The second kappa shape index (κ2) is 14.7. The van der Waals surface area contributed by atoms with E-state index in [1.807, 2.05) is 11.3 Å². The zero-order valence-electron chi connectivity index (χ0n) is 30.7. The van der Waals surface area contributed by atoms with E-state index in [0.717, 1.165) is 11.4 Å². The van der Waals surface area contributed by atoms with Crippen molar-refractivity contribution < 1.29 is 0 Å². The molecule has 10 rings (SSSR count). The first-order valence-electron chi connectivity index (χ1n) is 19.1. The Hall–Kier alpha value is -7.00. The summed E-state index contributed by atoms with van der Waals surface area (Å²) in [6.45, 7) is 0. The Balaban J connectivity index is 1.09. The molecule has 0 spiro atoms. The SMILES string of the molecule is c1ccc(-c2ccccc2-c2ccc(N(c3ccc(-c4ccccc4-c4ccccc4-c4ccccc4)cc3)c3cccc4sc5ccccc5c34)cc2)cc1. The number of hydrogen-bond acceptors (Lipinski definition) is 2. The molecule has 2 heteroatoms.